The van der Waals surface area contributed by atoms with Crippen LogP contribution in [0.3, 0.4) is 0 Å². The third-order valence-corrected chi connectivity index (χ3v) is 5.18. The maximum atomic E-state index is 12.8. The molecule has 2 heterocycles. The lowest BCUT2D eigenvalue weighted by atomic mass is 9.96. The van der Waals surface area contributed by atoms with Crippen molar-refractivity contribution in [2.24, 2.45) is 0 Å². The molecule has 7 nitrogen and oxygen atoms in total. The minimum absolute atomic E-state index is 0.362. The molecule has 1 aliphatic heterocycles. The molecule has 1 aromatic heterocycles. The molecule has 3 aromatic rings. The number of carbonyl (C=O) groups is 1. The van der Waals surface area contributed by atoms with Gasteiger partial charge in [-0.15, -0.1) is 0 Å². The van der Waals surface area contributed by atoms with Crippen LogP contribution in [-0.2, 0) is 16.1 Å². The molecule has 1 N–H and O–H groups in total. The molecule has 0 spiro atoms. The maximum absolute atomic E-state index is 12.8. The maximum Gasteiger partial charge on any atom is 0.338 e. The molecule has 4 rings (SSSR count). The predicted octanol–water partition coefficient (Wildman–Crippen LogP) is 4.75. The van der Waals surface area contributed by atoms with Crippen molar-refractivity contribution in [3.05, 3.63) is 82.3 Å². The van der Waals surface area contributed by atoms with Crippen molar-refractivity contribution >= 4 is 23.5 Å². The number of nitrogens with one attached hydrogen (secondary N) is 1. The summed E-state index contributed by atoms with van der Waals surface area (Å²) in [6, 6.07) is 14.7. The number of aromatic nitrogens is 3. The summed E-state index contributed by atoms with van der Waals surface area (Å²) < 4.78 is 13.0. The fraction of sp³-hybridized carbons (Fsp3) is 0.261. The summed E-state index contributed by atoms with van der Waals surface area (Å²) in [5.41, 5.74) is 3.08. The van der Waals surface area contributed by atoms with Crippen molar-refractivity contribution in [1.29, 1.82) is 0 Å². The number of halogens is 1. The Morgan fingerprint density at radius 3 is 2.77 bits per heavy atom. The average Bonchev–Trinajstić information content (AvgIpc) is 3.23. The number of rotatable bonds is 7. The van der Waals surface area contributed by atoms with Crippen LogP contribution in [0.2, 0.25) is 5.02 Å². The van der Waals surface area contributed by atoms with Crippen LogP contribution >= 0.6 is 11.6 Å². The number of fused-ring (bicyclic) bond motifs is 1. The van der Waals surface area contributed by atoms with Gasteiger partial charge in [0.05, 0.1) is 12.2 Å². The van der Waals surface area contributed by atoms with Gasteiger partial charge in [0.25, 0.3) is 0 Å². The molecule has 1 atom stereocenters. The normalized spacial score (nSPS) is 15.3. The second kappa shape index (κ2) is 9.22. The van der Waals surface area contributed by atoms with Crippen LogP contribution in [0, 0.1) is 0 Å². The molecule has 0 saturated heterocycles. The third-order valence-electron chi connectivity index (χ3n) is 4.94. The lowest BCUT2D eigenvalue weighted by molar-refractivity contribution is -0.139. The monoisotopic (exact) mass is 438 g/mol. The molecule has 0 aliphatic carbocycles. The van der Waals surface area contributed by atoms with Crippen molar-refractivity contribution in [3.63, 3.8) is 0 Å². The van der Waals surface area contributed by atoms with E-state index in [2.05, 4.69) is 15.4 Å². The van der Waals surface area contributed by atoms with E-state index in [4.69, 9.17) is 21.1 Å². The van der Waals surface area contributed by atoms with E-state index in [9.17, 15) is 4.79 Å². The topological polar surface area (TPSA) is 78.3 Å². The van der Waals surface area contributed by atoms with E-state index in [-0.39, 0.29) is 5.97 Å². The standard InChI is InChI=1S/C23H23ClN4O3/c1-3-11-30-22(29)20-15(2)27-23-25-14-26-28(23)21(20)17-7-9-19(10-8-17)31-13-16-5-4-6-18(24)12-16/h4-10,12,14,21H,3,11,13H2,1-2H3,(H,25,26,27). The molecule has 31 heavy (non-hydrogen) atoms. The van der Waals surface area contributed by atoms with Crippen LogP contribution in [0.25, 0.3) is 0 Å². The molecule has 0 saturated carbocycles. The largest absolute Gasteiger partial charge is 0.489 e. The molecule has 0 bridgehead atoms. The summed E-state index contributed by atoms with van der Waals surface area (Å²) in [5.74, 6) is 0.933. The Labute approximate surface area is 185 Å². The summed E-state index contributed by atoms with van der Waals surface area (Å²) in [6.07, 6.45) is 2.22. The first-order chi connectivity index (χ1) is 15.1. The zero-order valence-corrected chi connectivity index (χ0v) is 18.1. The van der Waals surface area contributed by atoms with E-state index in [1.807, 2.05) is 62.4 Å². The van der Waals surface area contributed by atoms with E-state index in [1.165, 1.54) is 6.33 Å². The van der Waals surface area contributed by atoms with E-state index >= 15 is 0 Å². The lowest BCUT2D eigenvalue weighted by Gasteiger charge is -2.28. The molecule has 2 aromatic carbocycles. The number of hydrogen-bond acceptors (Lipinski definition) is 6. The van der Waals surface area contributed by atoms with E-state index in [1.54, 1.807) is 4.68 Å². The van der Waals surface area contributed by atoms with E-state index in [0.29, 0.717) is 41.2 Å². The number of ether oxygens (including phenoxy) is 2. The highest BCUT2D eigenvalue weighted by molar-refractivity contribution is 6.30. The van der Waals surface area contributed by atoms with Crippen LogP contribution < -0.4 is 10.1 Å². The van der Waals surface area contributed by atoms with Gasteiger partial charge in [-0.05, 0) is 48.7 Å². The summed E-state index contributed by atoms with van der Waals surface area (Å²) in [6.45, 7) is 4.58. The van der Waals surface area contributed by atoms with Crippen molar-refractivity contribution in [2.45, 2.75) is 32.9 Å². The summed E-state index contributed by atoms with van der Waals surface area (Å²) in [4.78, 5) is 17.1. The average molecular weight is 439 g/mol. The number of allylic oxidation sites excluding steroid dienone is 1. The molecule has 8 heteroatoms. The van der Waals surface area contributed by atoms with Gasteiger partial charge in [0.2, 0.25) is 5.95 Å². The van der Waals surface area contributed by atoms with Gasteiger partial charge in [-0.3, -0.25) is 0 Å². The number of nitrogens with zero attached hydrogens (tertiary/aromatic N) is 3. The van der Waals surface area contributed by atoms with Gasteiger partial charge >= 0.3 is 5.97 Å². The van der Waals surface area contributed by atoms with Crippen molar-refractivity contribution in [3.8, 4) is 5.75 Å². The number of anilines is 1. The van der Waals surface area contributed by atoms with E-state index in [0.717, 1.165) is 17.5 Å². The van der Waals surface area contributed by atoms with E-state index < -0.39 is 6.04 Å². The molecule has 1 unspecified atom stereocenters. The van der Waals surface area contributed by atoms with Crippen LogP contribution in [0.4, 0.5) is 5.95 Å². The van der Waals surface area contributed by atoms with Gasteiger partial charge in [-0.1, -0.05) is 42.8 Å². The smallest absolute Gasteiger partial charge is 0.338 e. The van der Waals surface area contributed by atoms with Gasteiger partial charge in [-0.2, -0.15) is 10.1 Å². The van der Waals surface area contributed by atoms with Gasteiger partial charge in [0.1, 0.15) is 24.7 Å². The zero-order valence-electron chi connectivity index (χ0n) is 17.3. The Morgan fingerprint density at radius 2 is 2.03 bits per heavy atom. The molecule has 1 aliphatic rings. The van der Waals surface area contributed by atoms with Crippen molar-refractivity contribution < 1.29 is 14.3 Å². The zero-order chi connectivity index (χ0) is 21.8. The second-order valence-corrected chi connectivity index (χ2v) is 7.65. The van der Waals surface area contributed by atoms with Crippen molar-refractivity contribution in [2.75, 3.05) is 11.9 Å². The van der Waals surface area contributed by atoms with Crippen LogP contribution in [-0.4, -0.2) is 27.3 Å². The predicted molar refractivity (Wildman–Crippen MR) is 118 cm³/mol. The summed E-state index contributed by atoms with van der Waals surface area (Å²) in [7, 11) is 0. The molecule has 0 fully saturated rings. The van der Waals surface area contributed by atoms with Gasteiger partial charge in [0, 0.05) is 10.7 Å². The summed E-state index contributed by atoms with van der Waals surface area (Å²) >= 11 is 6.03. The molecular formula is C23H23ClN4O3. The first kappa shape index (κ1) is 20.9. The Morgan fingerprint density at radius 1 is 1.23 bits per heavy atom. The number of benzene rings is 2. The van der Waals surface area contributed by atoms with Gasteiger partial charge in [-0.25, -0.2) is 9.48 Å². The minimum atomic E-state index is -0.440. The summed E-state index contributed by atoms with van der Waals surface area (Å²) in [5, 5.41) is 8.14. The number of carbonyl (C=O) groups excluding carboxylic acids is 1. The minimum Gasteiger partial charge on any atom is -0.489 e. The van der Waals surface area contributed by atoms with Crippen molar-refractivity contribution in [1.82, 2.24) is 14.8 Å². The Bertz CT molecular complexity index is 1110. The number of hydrogen-bond donors (Lipinski definition) is 1. The van der Waals surface area contributed by atoms with Gasteiger partial charge < -0.3 is 14.8 Å². The number of esters is 1. The highest BCUT2D eigenvalue weighted by Gasteiger charge is 2.34. The first-order valence-electron chi connectivity index (χ1n) is 10.1. The quantitative estimate of drug-likeness (QED) is 0.536. The highest BCUT2D eigenvalue weighted by Crippen LogP contribution is 2.35. The second-order valence-electron chi connectivity index (χ2n) is 7.22. The van der Waals surface area contributed by atoms with Crippen LogP contribution in [0.15, 0.2) is 66.1 Å². The Kier molecular flexibility index (Phi) is 6.23. The fourth-order valence-electron chi connectivity index (χ4n) is 3.48. The molecule has 160 valence electrons. The molecule has 0 amide bonds. The molecule has 0 radical (unpaired) electrons. The Balaban J connectivity index is 1.58. The third kappa shape index (κ3) is 4.56. The Hall–Kier alpha value is -3.32. The first-order valence-corrected chi connectivity index (χ1v) is 10.5. The highest BCUT2D eigenvalue weighted by atomic mass is 35.5. The SMILES string of the molecule is CCCOC(=O)C1=C(C)Nc2ncnn2C1c1ccc(OCc2cccc(Cl)c2)cc1. The fourth-order valence-corrected chi connectivity index (χ4v) is 3.69. The van der Waals surface area contributed by atoms with Crippen LogP contribution in [0.5, 0.6) is 5.75 Å². The van der Waals surface area contributed by atoms with Gasteiger partial charge in [0.15, 0.2) is 0 Å². The lowest BCUT2D eigenvalue weighted by Crippen LogP contribution is -2.29. The molecular weight excluding hydrogens is 416 g/mol. The van der Waals surface area contributed by atoms with Crippen LogP contribution in [0.1, 0.15) is 37.4 Å².